The highest BCUT2D eigenvalue weighted by molar-refractivity contribution is 7.95. The van der Waals surface area contributed by atoms with Crippen LogP contribution in [0.5, 0.6) is 5.75 Å². The van der Waals surface area contributed by atoms with Gasteiger partial charge in [0.2, 0.25) is 5.78 Å². The van der Waals surface area contributed by atoms with Crippen molar-refractivity contribution >= 4 is 21.7 Å². The maximum Gasteiger partial charge on any atom is 0.204 e. The number of ketones is 1. The van der Waals surface area contributed by atoms with E-state index in [1.165, 1.54) is 49.6 Å². The molecule has 0 heterocycles. The third kappa shape index (κ3) is 5.18. The van der Waals surface area contributed by atoms with E-state index < -0.39 is 21.4 Å². The number of halogens is 1. The highest BCUT2D eigenvalue weighted by Gasteiger charge is 2.26. The van der Waals surface area contributed by atoms with Crippen LogP contribution in [0.15, 0.2) is 83.8 Å². The first kappa shape index (κ1) is 20.5. The number of sulfone groups is 1. The van der Waals surface area contributed by atoms with Gasteiger partial charge in [-0.2, -0.15) is 0 Å². The minimum Gasteiger partial charge on any atom is -0.497 e. The lowest BCUT2D eigenvalue weighted by molar-refractivity contribution is 0.104. The average Bonchev–Trinajstić information content (AvgIpc) is 2.73. The molecule has 0 bridgehead atoms. The summed E-state index contributed by atoms with van der Waals surface area (Å²) in [6.07, 6.45) is 1.28. The molecule has 6 heteroatoms. The van der Waals surface area contributed by atoms with Gasteiger partial charge < -0.3 is 4.74 Å². The first-order chi connectivity index (χ1) is 13.9. The number of methoxy groups -OCH3 is 1. The van der Waals surface area contributed by atoms with E-state index in [9.17, 15) is 17.6 Å². The van der Waals surface area contributed by atoms with Crippen molar-refractivity contribution < 1.29 is 22.3 Å². The maximum atomic E-state index is 13.2. The molecule has 3 aromatic rings. The van der Waals surface area contributed by atoms with Gasteiger partial charge in [-0.1, -0.05) is 42.5 Å². The predicted octanol–water partition coefficient (Wildman–Crippen LogP) is 4.67. The Labute approximate surface area is 169 Å². The number of hydrogen-bond donors (Lipinski definition) is 0. The first-order valence-corrected chi connectivity index (χ1v) is 10.5. The highest BCUT2D eigenvalue weighted by Crippen LogP contribution is 2.23. The molecule has 148 valence electrons. The molecule has 0 aliphatic heterocycles. The second-order valence-corrected chi connectivity index (χ2v) is 8.32. The quantitative estimate of drug-likeness (QED) is 0.419. The molecule has 0 aliphatic carbocycles. The Morgan fingerprint density at radius 3 is 2.14 bits per heavy atom. The summed E-state index contributed by atoms with van der Waals surface area (Å²) in [5.74, 6) is -0.842. The van der Waals surface area contributed by atoms with Crippen LogP contribution in [0.4, 0.5) is 4.39 Å². The SMILES string of the molecule is COc1ccc(C(=O)/C(=C\c2ccc(F)cc2)S(=O)(=O)Cc2ccccc2)cc1. The van der Waals surface area contributed by atoms with Crippen molar-refractivity contribution in [2.75, 3.05) is 7.11 Å². The fraction of sp³-hybridized carbons (Fsp3) is 0.0870. The third-order valence-corrected chi connectivity index (χ3v) is 5.97. The van der Waals surface area contributed by atoms with Crippen LogP contribution in [0.2, 0.25) is 0 Å². The molecule has 0 spiro atoms. The molecule has 3 aromatic carbocycles. The van der Waals surface area contributed by atoms with Crippen molar-refractivity contribution in [1.82, 2.24) is 0 Å². The Morgan fingerprint density at radius 2 is 1.55 bits per heavy atom. The predicted molar refractivity (Wildman–Crippen MR) is 111 cm³/mol. The molecule has 0 saturated heterocycles. The number of rotatable bonds is 7. The lowest BCUT2D eigenvalue weighted by Gasteiger charge is -2.10. The Morgan fingerprint density at radius 1 is 0.931 bits per heavy atom. The summed E-state index contributed by atoms with van der Waals surface area (Å²) in [6, 6.07) is 20.1. The minimum absolute atomic E-state index is 0.218. The van der Waals surface area contributed by atoms with Crippen LogP contribution < -0.4 is 4.74 Å². The van der Waals surface area contributed by atoms with Crippen LogP contribution in [0.3, 0.4) is 0 Å². The Bertz CT molecular complexity index is 1120. The summed E-state index contributed by atoms with van der Waals surface area (Å²) < 4.78 is 44.5. The third-order valence-electron chi connectivity index (χ3n) is 4.28. The molecular weight excluding hydrogens is 391 g/mol. The van der Waals surface area contributed by atoms with Crippen LogP contribution in [-0.4, -0.2) is 21.3 Å². The molecule has 0 aliphatic rings. The molecule has 0 N–H and O–H groups in total. The average molecular weight is 410 g/mol. The zero-order chi connectivity index (χ0) is 20.9. The van der Waals surface area contributed by atoms with E-state index in [-0.39, 0.29) is 16.2 Å². The Kier molecular flexibility index (Phi) is 6.24. The Hall–Kier alpha value is -3.25. The van der Waals surface area contributed by atoms with E-state index in [2.05, 4.69) is 0 Å². The van der Waals surface area contributed by atoms with Crippen molar-refractivity contribution in [2.45, 2.75) is 5.75 Å². The largest absolute Gasteiger partial charge is 0.497 e. The van der Waals surface area contributed by atoms with Gasteiger partial charge in [-0.3, -0.25) is 4.79 Å². The van der Waals surface area contributed by atoms with Crippen molar-refractivity contribution in [3.05, 3.63) is 106 Å². The zero-order valence-corrected chi connectivity index (χ0v) is 16.5. The second kappa shape index (κ2) is 8.84. The van der Waals surface area contributed by atoms with Gasteiger partial charge in [0.1, 0.15) is 16.5 Å². The van der Waals surface area contributed by atoms with E-state index in [0.29, 0.717) is 16.9 Å². The van der Waals surface area contributed by atoms with Gasteiger partial charge in [0.15, 0.2) is 9.84 Å². The summed E-state index contributed by atoms with van der Waals surface area (Å²) in [6.45, 7) is 0. The van der Waals surface area contributed by atoms with Crippen LogP contribution in [0.1, 0.15) is 21.5 Å². The first-order valence-electron chi connectivity index (χ1n) is 8.82. The molecular formula is C23H19FO4S. The topological polar surface area (TPSA) is 60.4 Å². The van der Waals surface area contributed by atoms with Crippen LogP contribution >= 0.6 is 0 Å². The number of ether oxygens (including phenoxy) is 1. The zero-order valence-electron chi connectivity index (χ0n) is 15.7. The molecule has 0 saturated carbocycles. The van der Waals surface area contributed by atoms with Crippen molar-refractivity contribution in [2.24, 2.45) is 0 Å². The van der Waals surface area contributed by atoms with Gasteiger partial charge in [-0.15, -0.1) is 0 Å². The lowest BCUT2D eigenvalue weighted by Crippen LogP contribution is -2.16. The number of carbonyl (C=O) groups excluding carboxylic acids is 1. The van der Waals surface area contributed by atoms with Gasteiger partial charge in [0.05, 0.1) is 12.9 Å². The second-order valence-electron chi connectivity index (χ2n) is 6.36. The van der Waals surface area contributed by atoms with E-state index in [1.807, 2.05) is 0 Å². The number of Topliss-reactive ketones (excluding diaryl/α,β-unsaturated/α-hetero) is 1. The van der Waals surface area contributed by atoms with Crippen LogP contribution in [0, 0.1) is 5.82 Å². The van der Waals surface area contributed by atoms with Crippen molar-refractivity contribution in [3.63, 3.8) is 0 Å². The number of carbonyl (C=O) groups is 1. The normalized spacial score (nSPS) is 11.9. The van der Waals surface area contributed by atoms with Crippen molar-refractivity contribution in [1.29, 1.82) is 0 Å². The molecule has 0 atom stereocenters. The monoisotopic (exact) mass is 410 g/mol. The number of allylic oxidation sites excluding steroid dienone is 1. The fourth-order valence-electron chi connectivity index (χ4n) is 2.76. The standard InChI is InChI=1S/C23H19FO4S/c1-28-21-13-9-19(10-14-21)23(25)22(15-17-7-11-20(24)12-8-17)29(26,27)16-18-5-3-2-4-6-18/h2-15H,16H2,1H3/b22-15+. The molecule has 29 heavy (non-hydrogen) atoms. The van der Waals surface area contributed by atoms with E-state index in [1.54, 1.807) is 42.5 Å². The molecule has 0 radical (unpaired) electrons. The highest BCUT2D eigenvalue weighted by atomic mass is 32.2. The summed E-state index contributed by atoms with van der Waals surface area (Å²) in [7, 11) is -2.46. The van der Waals surface area contributed by atoms with Gasteiger partial charge >= 0.3 is 0 Å². The van der Waals surface area contributed by atoms with Crippen LogP contribution in [0.25, 0.3) is 6.08 Å². The molecule has 0 unspecified atom stereocenters. The number of benzene rings is 3. The van der Waals surface area contributed by atoms with Crippen molar-refractivity contribution in [3.8, 4) is 5.75 Å². The van der Waals surface area contributed by atoms with E-state index in [4.69, 9.17) is 4.74 Å². The maximum absolute atomic E-state index is 13.2. The lowest BCUT2D eigenvalue weighted by atomic mass is 10.1. The Balaban J connectivity index is 2.05. The molecule has 3 rings (SSSR count). The van der Waals surface area contributed by atoms with Gasteiger partial charge in [0.25, 0.3) is 0 Å². The summed E-state index contributed by atoms with van der Waals surface area (Å²) in [5.41, 5.74) is 1.20. The van der Waals surface area contributed by atoms with Crippen LogP contribution in [-0.2, 0) is 15.6 Å². The minimum atomic E-state index is -3.96. The molecule has 4 nitrogen and oxygen atoms in total. The fourth-order valence-corrected chi connectivity index (χ4v) is 4.27. The van der Waals surface area contributed by atoms with Gasteiger partial charge in [0, 0.05) is 5.56 Å². The molecule has 0 amide bonds. The van der Waals surface area contributed by atoms with Gasteiger partial charge in [-0.25, -0.2) is 12.8 Å². The van der Waals surface area contributed by atoms with E-state index in [0.717, 1.165) is 0 Å². The summed E-state index contributed by atoms with van der Waals surface area (Å²) in [5, 5.41) is 0. The van der Waals surface area contributed by atoms with Gasteiger partial charge in [-0.05, 0) is 53.6 Å². The molecule has 0 fully saturated rings. The summed E-state index contributed by atoms with van der Waals surface area (Å²) >= 11 is 0. The number of hydrogen-bond acceptors (Lipinski definition) is 4. The smallest absolute Gasteiger partial charge is 0.204 e. The molecule has 0 aromatic heterocycles. The summed E-state index contributed by atoms with van der Waals surface area (Å²) in [4.78, 5) is 12.7. The van der Waals surface area contributed by atoms with E-state index >= 15 is 0 Å².